The van der Waals surface area contributed by atoms with Crippen molar-refractivity contribution >= 4 is 0 Å². The zero-order valence-corrected chi connectivity index (χ0v) is 7.85. The first-order valence-electron chi connectivity index (χ1n) is 4.60. The van der Waals surface area contributed by atoms with Gasteiger partial charge in [-0.05, 0) is 17.7 Å². The van der Waals surface area contributed by atoms with Gasteiger partial charge in [0.1, 0.15) is 19.5 Å². The number of hydrogen-bond acceptors (Lipinski definition) is 2. The molecule has 0 N–H and O–H groups in total. The minimum Gasteiger partial charge on any atom is -0.493 e. The van der Waals surface area contributed by atoms with E-state index in [-0.39, 0.29) is 0 Å². The summed E-state index contributed by atoms with van der Waals surface area (Å²) >= 11 is 0. The molecule has 0 aromatic heterocycles. The van der Waals surface area contributed by atoms with E-state index in [0.29, 0.717) is 13.2 Å². The zero-order valence-electron chi connectivity index (χ0n) is 7.85. The standard InChI is InChI=1S/C12H12O2/c1-2-5-11(6-3-1)9-14-12-7-4-8-13-10-12/h1-7,10H,8-9H2. The van der Waals surface area contributed by atoms with Crippen molar-refractivity contribution in [2.75, 3.05) is 6.61 Å². The van der Waals surface area contributed by atoms with E-state index in [1.54, 1.807) is 6.26 Å². The molecule has 1 aliphatic heterocycles. The molecule has 14 heavy (non-hydrogen) atoms. The topological polar surface area (TPSA) is 18.5 Å². The van der Waals surface area contributed by atoms with Crippen LogP contribution in [-0.2, 0) is 16.1 Å². The lowest BCUT2D eigenvalue weighted by molar-refractivity contribution is 0.178. The van der Waals surface area contributed by atoms with Crippen LogP contribution in [-0.4, -0.2) is 6.61 Å². The van der Waals surface area contributed by atoms with Gasteiger partial charge >= 0.3 is 0 Å². The number of benzene rings is 1. The smallest absolute Gasteiger partial charge is 0.154 e. The Balaban J connectivity index is 1.88. The summed E-state index contributed by atoms with van der Waals surface area (Å²) in [5.74, 6) is 0.778. The highest BCUT2D eigenvalue weighted by molar-refractivity contribution is 5.16. The summed E-state index contributed by atoms with van der Waals surface area (Å²) < 4.78 is 10.6. The predicted molar refractivity (Wildman–Crippen MR) is 54.4 cm³/mol. The Morgan fingerprint density at radius 3 is 2.79 bits per heavy atom. The summed E-state index contributed by atoms with van der Waals surface area (Å²) in [6, 6.07) is 10.1. The van der Waals surface area contributed by atoms with Gasteiger partial charge in [0.25, 0.3) is 0 Å². The van der Waals surface area contributed by atoms with E-state index in [0.717, 1.165) is 11.3 Å². The third-order valence-corrected chi connectivity index (χ3v) is 1.92. The number of hydrogen-bond donors (Lipinski definition) is 0. The second-order valence-electron chi connectivity index (χ2n) is 3.03. The summed E-state index contributed by atoms with van der Waals surface area (Å²) in [5, 5.41) is 0. The molecule has 0 radical (unpaired) electrons. The Bertz CT molecular complexity index is 339. The largest absolute Gasteiger partial charge is 0.493 e. The maximum Gasteiger partial charge on any atom is 0.154 e. The van der Waals surface area contributed by atoms with Crippen molar-refractivity contribution < 1.29 is 9.47 Å². The van der Waals surface area contributed by atoms with Gasteiger partial charge in [0.05, 0.1) is 0 Å². The number of rotatable bonds is 3. The molecule has 0 spiro atoms. The number of ether oxygens (including phenoxy) is 2. The fraction of sp³-hybridized carbons (Fsp3) is 0.167. The highest BCUT2D eigenvalue weighted by Gasteiger charge is 1.98. The second kappa shape index (κ2) is 4.51. The summed E-state index contributed by atoms with van der Waals surface area (Å²) in [5.41, 5.74) is 1.16. The summed E-state index contributed by atoms with van der Waals surface area (Å²) in [6.45, 7) is 1.22. The second-order valence-corrected chi connectivity index (χ2v) is 3.03. The fourth-order valence-corrected chi connectivity index (χ4v) is 1.21. The molecule has 72 valence electrons. The van der Waals surface area contributed by atoms with Crippen molar-refractivity contribution in [3.05, 3.63) is 60.1 Å². The van der Waals surface area contributed by atoms with Crippen LogP contribution in [0.25, 0.3) is 0 Å². The lowest BCUT2D eigenvalue weighted by atomic mass is 10.2. The normalized spacial score (nSPS) is 14.4. The molecular formula is C12H12O2. The Morgan fingerprint density at radius 1 is 1.21 bits per heavy atom. The van der Waals surface area contributed by atoms with Crippen LogP contribution in [0.2, 0.25) is 0 Å². The minimum atomic E-state index is 0.584. The van der Waals surface area contributed by atoms with Gasteiger partial charge in [0, 0.05) is 0 Å². The first kappa shape index (κ1) is 8.88. The van der Waals surface area contributed by atoms with Crippen LogP contribution < -0.4 is 0 Å². The molecule has 0 unspecified atom stereocenters. The van der Waals surface area contributed by atoms with Crippen LogP contribution in [0.5, 0.6) is 0 Å². The van der Waals surface area contributed by atoms with Gasteiger partial charge in [-0.2, -0.15) is 0 Å². The van der Waals surface area contributed by atoms with Crippen molar-refractivity contribution in [3.8, 4) is 0 Å². The van der Waals surface area contributed by atoms with Crippen molar-refractivity contribution in [2.45, 2.75) is 6.61 Å². The third kappa shape index (κ3) is 2.39. The molecule has 0 aliphatic carbocycles. The fourth-order valence-electron chi connectivity index (χ4n) is 1.21. The molecule has 0 saturated carbocycles. The van der Waals surface area contributed by atoms with Gasteiger partial charge in [-0.25, -0.2) is 0 Å². The molecule has 0 atom stereocenters. The summed E-state index contributed by atoms with van der Waals surface area (Å²) in [7, 11) is 0. The Hall–Kier alpha value is -1.70. The Morgan fingerprint density at radius 2 is 2.07 bits per heavy atom. The monoisotopic (exact) mass is 188 g/mol. The van der Waals surface area contributed by atoms with E-state index >= 15 is 0 Å². The van der Waals surface area contributed by atoms with Crippen LogP contribution >= 0.6 is 0 Å². The van der Waals surface area contributed by atoms with Gasteiger partial charge in [-0.3, -0.25) is 0 Å². The molecule has 0 saturated heterocycles. The average Bonchev–Trinajstić information content (AvgIpc) is 2.29. The van der Waals surface area contributed by atoms with E-state index in [9.17, 15) is 0 Å². The van der Waals surface area contributed by atoms with Crippen molar-refractivity contribution in [2.24, 2.45) is 0 Å². The van der Waals surface area contributed by atoms with Crippen LogP contribution in [0.3, 0.4) is 0 Å². The van der Waals surface area contributed by atoms with Crippen molar-refractivity contribution in [3.63, 3.8) is 0 Å². The van der Waals surface area contributed by atoms with Crippen LogP contribution in [0, 0.1) is 0 Å². The van der Waals surface area contributed by atoms with Crippen LogP contribution in [0.4, 0.5) is 0 Å². The summed E-state index contributed by atoms with van der Waals surface area (Å²) in [4.78, 5) is 0. The molecule has 0 fully saturated rings. The van der Waals surface area contributed by atoms with Gasteiger partial charge in [-0.15, -0.1) is 0 Å². The van der Waals surface area contributed by atoms with Crippen molar-refractivity contribution in [1.29, 1.82) is 0 Å². The first-order valence-corrected chi connectivity index (χ1v) is 4.60. The quantitative estimate of drug-likeness (QED) is 0.726. The molecule has 0 amide bonds. The molecule has 1 aromatic rings. The molecule has 2 rings (SSSR count). The highest BCUT2D eigenvalue weighted by Crippen LogP contribution is 2.09. The predicted octanol–water partition coefficient (Wildman–Crippen LogP) is 2.63. The molecule has 0 bridgehead atoms. The Labute approximate surface area is 83.5 Å². The highest BCUT2D eigenvalue weighted by atomic mass is 16.5. The molecule has 2 heteroatoms. The van der Waals surface area contributed by atoms with Crippen LogP contribution in [0.15, 0.2) is 54.5 Å². The van der Waals surface area contributed by atoms with E-state index in [1.165, 1.54) is 0 Å². The van der Waals surface area contributed by atoms with Gasteiger partial charge < -0.3 is 9.47 Å². The molecular weight excluding hydrogens is 176 g/mol. The maximum atomic E-state index is 5.52. The van der Waals surface area contributed by atoms with E-state index in [4.69, 9.17) is 9.47 Å². The van der Waals surface area contributed by atoms with E-state index < -0.39 is 0 Å². The van der Waals surface area contributed by atoms with Crippen molar-refractivity contribution in [1.82, 2.24) is 0 Å². The molecule has 1 aliphatic rings. The number of allylic oxidation sites excluding steroid dienone is 1. The molecule has 1 heterocycles. The van der Waals surface area contributed by atoms with E-state index in [1.807, 2.05) is 42.5 Å². The SMILES string of the molecule is C1=CC(OCc2ccccc2)=COC1. The lowest BCUT2D eigenvalue weighted by Crippen LogP contribution is -1.97. The molecule has 2 nitrogen and oxygen atoms in total. The average molecular weight is 188 g/mol. The molecule has 1 aromatic carbocycles. The van der Waals surface area contributed by atoms with Gasteiger partial charge in [0.15, 0.2) is 5.76 Å². The van der Waals surface area contributed by atoms with Crippen LogP contribution in [0.1, 0.15) is 5.56 Å². The Kier molecular flexibility index (Phi) is 2.86. The lowest BCUT2D eigenvalue weighted by Gasteiger charge is -2.10. The van der Waals surface area contributed by atoms with Gasteiger partial charge in [0.2, 0.25) is 0 Å². The summed E-state index contributed by atoms with van der Waals surface area (Å²) in [6.07, 6.45) is 5.50. The zero-order chi connectivity index (χ0) is 9.64. The third-order valence-electron chi connectivity index (χ3n) is 1.92. The first-order chi connectivity index (χ1) is 6.95. The minimum absolute atomic E-state index is 0.584. The van der Waals surface area contributed by atoms with Gasteiger partial charge in [-0.1, -0.05) is 30.3 Å². The van der Waals surface area contributed by atoms with E-state index in [2.05, 4.69) is 0 Å². The maximum absolute atomic E-state index is 5.52.